The van der Waals surface area contributed by atoms with Crippen molar-refractivity contribution in [3.05, 3.63) is 70.1 Å². The molecule has 5 aliphatic heterocycles. The number of carboxylic acids is 3. The van der Waals surface area contributed by atoms with E-state index in [0.29, 0.717) is 74.9 Å². The van der Waals surface area contributed by atoms with Crippen molar-refractivity contribution < 1.29 is 91.9 Å². The zero-order valence-corrected chi connectivity index (χ0v) is 56.6. The first-order valence-corrected chi connectivity index (χ1v) is 32.5. The van der Waals surface area contributed by atoms with Gasteiger partial charge < -0.3 is 79.8 Å². The second-order valence-electron chi connectivity index (χ2n) is 25.9. The second kappa shape index (κ2) is 31.9. The van der Waals surface area contributed by atoms with Gasteiger partial charge in [-0.2, -0.15) is 5.10 Å². The minimum atomic E-state index is -1.45. The first kappa shape index (κ1) is 73.6. The lowest BCUT2D eigenvalue weighted by Gasteiger charge is -2.41. The van der Waals surface area contributed by atoms with Crippen LogP contribution in [0.25, 0.3) is 28.1 Å². The smallest absolute Gasteiger partial charge is 0.317 e. The van der Waals surface area contributed by atoms with Crippen molar-refractivity contribution in [1.82, 2.24) is 55.2 Å². The van der Waals surface area contributed by atoms with E-state index in [4.69, 9.17) is 61.5 Å². The summed E-state index contributed by atoms with van der Waals surface area (Å²) in [5.41, 5.74) is 2.67. The van der Waals surface area contributed by atoms with Crippen LogP contribution in [0.15, 0.2) is 48.8 Å². The highest BCUT2D eigenvalue weighted by Gasteiger charge is 2.52. The first-order chi connectivity index (χ1) is 45.9. The number of carboxylic acid groups (broad SMARTS) is 3. The van der Waals surface area contributed by atoms with Gasteiger partial charge in [0.25, 0.3) is 5.91 Å². The van der Waals surface area contributed by atoms with Gasteiger partial charge in [-0.1, -0.05) is 23.2 Å². The van der Waals surface area contributed by atoms with Crippen LogP contribution in [0.3, 0.4) is 0 Å². The number of pyridine rings is 1. The van der Waals surface area contributed by atoms with E-state index in [-0.39, 0.29) is 115 Å². The van der Waals surface area contributed by atoms with Gasteiger partial charge in [-0.25, -0.2) is 4.68 Å². The largest absolute Gasteiger partial charge is 0.496 e. The zero-order chi connectivity index (χ0) is 70.1. The highest BCUT2D eigenvalue weighted by atomic mass is 35.5. The molecule has 97 heavy (non-hydrogen) atoms. The Balaban J connectivity index is 0.918. The Morgan fingerprint density at radius 3 is 1.91 bits per heavy atom. The normalized spacial score (nSPS) is 21.3. The van der Waals surface area contributed by atoms with E-state index < -0.39 is 109 Å². The fourth-order valence-corrected chi connectivity index (χ4v) is 12.8. The summed E-state index contributed by atoms with van der Waals surface area (Å²) in [4.78, 5) is 119. The molecule has 0 spiro atoms. The third-order valence-corrected chi connectivity index (χ3v) is 17.4. The molecule has 0 saturated carbocycles. The fourth-order valence-electron chi connectivity index (χ4n) is 12.3. The van der Waals surface area contributed by atoms with Crippen LogP contribution in [0, 0.1) is 0 Å². The summed E-state index contributed by atoms with van der Waals surface area (Å²) in [5, 5.41) is 56.8. The standard InChI is InChI=1S/C64H84Cl2N12O19/c1-62(2)36-92-19-18-77(62)61(90)56-44-34-93-48-25-47(91-7)42(24-43(48)57(44)78(72-56)41-22-38(65)21-39(66)23-41)37-20-40(27-67-26-37)70-51(81)29-69-60(89)45(8-9-50(80)68-28-46(79)58-59(97-64(5,6)96-58)49-35-94-63(3,4)95-49)71-52(82)30-73-10-12-74(31-53(83)84)14-16-76(33-55(87)88)17-15-75(13-11-73)32-54(85)86/h20-27,45-46,49,58-59,79H,8-19,28-36H2,1-7H3,(H,68,80)(H,69,89)(H,70,81)(H,71,82)(H,83,84)(H,85,86)(H,87,88)/t45-,46-,49+,58+,59?/m0/s1. The van der Waals surface area contributed by atoms with E-state index in [9.17, 15) is 58.8 Å². The molecule has 1 unspecified atom stereocenters. The molecule has 4 saturated heterocycles. The summed E-state index contributed by atoms with van der Waals surface area (Å²) in [6.45, 7) is 10.3. The molecule has 4 fully saturated rings. The molecule has 5 amide bonds. The average Bonchev–Trinajstić information content (AvgIpc) is 1.62. The van der Waals surface area contributed by atoms with E-state index in [1.165, 1.54) is 13.3 Å². The molecule has 31 nitrogen and oxygen atoms in total. The van der Waals surface area contributed by atoms with Gasteiger partial charge in [0.2, 0.25) is 23.6 Å². The van der Waals surface area contributed by atoms with E-state index in [2.05, 4.69) is 26.3 Å². The van der Waals surface area contributed by atoms with Crippen molar-refractivity contribution in [3.63, 3.8) is 0 Å². The van der Waals surface area contributed by atoms with Crippen LogP contribution in [0.4, 0.5) is 5.69 Å². The number of carbonyl (C=O) groups is 8. The summed E-state index contributed by atoms with van der Waals surface area (Å²) >= 11 is 13.1. The number of nitrogens with zero attached hydrogens (tertiary/aromatic N) is 8. The summed E-state index contributed by atoms with van der Waals surface area (Å²) in [6, 6.07) is 8.59. The number of morpholine rings is 1. The quantitative estimate of drug-likeness (QED) is 0.0497. The number of aliphatic hydroxyl groups excluding tert-OH is 1. The number of halogens is 2. The SMILES string of the molecule is COc1cc2c(cc1-c1cncc(NC(=O)CNC(=O)[C@H](CCC(=O)NC[C@H](O)[C@H]3OC(C)(C)OC3[C@H]3COC(C)(C)O3)NC(=O)CN3CCN(CC(=O)O)CCN(CC(=O)O)CCN(CC(=O)O)CC3)c1)-c1c(c(C(=O)N3CCOCC3(C)C)nn1-c1cc(Cl)cc(Cl)c1)CO2. The van der Waals surface area contributed by atoms with Crippen molar-refractivity contribution in [2.45, 2.75) is 109 Å². The van der Waals surface area contributed by atoms with Gasteiger partial charge >= 0.3 is 17.9 Å². The maximum Gasteiger partial charge on any atom is 0.317 e. The molecular weight excluding hydrogens is 1310 g/mol. The topological polar surface area (TPSA) is 377 Å². The summed E-state index contributed by atoms with van der Waals surface area (Å²) in [7, 11) is 1.48. The molecule has 4 aromatic rings. The van der Waals surface area contributed by atoms with Crippen LogP contribution in [0.1, 0.15) is 70.4 Å². The number of ether oxygens (including phenoxy) is 7. The molecule has 2 aromatic heterocycles. The Morgan fingerprint density at radius 1 is 0.711 bits per heavy atom. The Bertz CT molecular complexity index is 3520. The molecule has 8 N–H and O–H groups in total. The number of hydrogen-bond acceptors (Lipinski definition) is 22. The second-order valence-corrected chi connectivity index (χ2v) is 26.7. The Hall–Kier alpha value is -7.66. The molecule has 2 aromatic carbocycles. The molecule has 0 bridgehead atoms. The average molecular weight is 1400 g/mol. The van der Waals surface area contributed by atoms with Gasteiger partial charge in [0.1, 0.15) is 48.6 Å². The van der Waals surface area contributed by atoms with E-state index in [0.717, 1.165) is 0 Å². The van der Waals surface area contributed by atoms with Crippen LogP contribution in [-0.2, 0) is 63.9 Å². The van der Waals surface area contributed by atoms with E-state index in [1.807, 2.05) is 13.8 Å². The highest BCUT2D eigenvalue weighted by Crippen LogP contribution is 2.47. The number of methoxy groups -OCH3 is 1. The molecule has 33 heteroatoms. The zero-order valence-electron chi connectivity index (χ0n) is 55.1. The Kier molecular flexibility index (Phi) is 24.2. The van der Waals surface area contributed by atoms with Gasteiger partial charge in [-0.3, -0.25) is 62.9 Å². The molecule has 9 rings (SSSR count). The van der Waals surface area contributed by atoms with Crippen molar-refractivity contribution in [2.75, 3.05) is 130 Å². The van der Waals surface area contributed by atoms with Crippen molar-refractivity contribution in [1.29, 1.82) is 0 Å². The Labute approximate surface area is 569 Å². The summed E-state index contributed by atoms with van der Waals surface area (Å²) in [5.74, 6) is -7.88. The van der Waals surface area contributed by atoms with Gasteiger partial charge in [-0.05, 0) is 78.3 Å². The number of anilines is 1. The number of aliphatic carboxylic acids is 3. The highest BCUT2D eigenvalue weighted by molar-refractivity contribution is 6.35. The maximum absolute atomic E-state index is 14.6. The maximum atomic E-state index is 14.6. The van der Waals surface area contributed by atoms with Gasteiger partial charge in [0, 0.05) is 116 Å². The van der Waals surface area contributed by atoms with Gasteiger partial charge in [0.05, 0.1) is 88.5 Å². The number of aromatic nitrogens is 3. The number of rotatable bonds is 24. The van der Waals surface area contributed by atoms with Crippen LogP contribution < -0.4 is 30.7 Å². The molecule has 528 valence electrons. The predicted octanol–water partition coefficient (Wildman–Crippen LogP) is 2.00. The van der Waals surface area contributed by atoms with Gasteiger partial charge in [0.15, 0.2) is 17.3 Å². The predicted molar refractivity (Wildman–Crippen MR) is 348 cm³/mol. The first-order valence-electron chi connectivity index (χ1n) is 31.8. The number of amides is 5. The molecular formula is C64H84Cl2N12O19. The summed E-state index contributed by atoms with van der Waals surface area (Å²) < 4.78 is 43.5. The Morgan fingerprint density at radius 2 is 1.33 bits per heavy atom. The molecule has 5 atom stereocenters. The summed E-state index contributed by atoms with van der Waals surface area (Å²) in [6.07, 6.45) is -1.37. The van der Waals surface area contributed by atoms with Crippen molar-refractivity contribution in [2.24, 2.45) is 0 Å². The molecule has 5 aliphatic rings. The lowest BCUT2D eigenvalue weighted by Crippen LogP contribution is -2.55. The van der Waals surface area contributed by atoms with Crippen LogP contribution in [0.2, 0.25) is 10.0 Å². The number of benzene rings is 2. The number of fused-ring (bicyclic) bond motifs is 3. The number of hydrogen-bond donors (Lipinski definition) is 8. The van der Waals surface area contributed by atoms with Crippen LogP contribution >= 0.6 is 23.2 Å². The number of nitrogens with one attached hydrogen (secondary N) is 4. The van der Waals surface area contributed by atoms with Gasteiger partial charge in [-0.15, -0.1) is 0 Å². The van der Waals surface area contributed by atoms with Crippen LogP contribution in [-0.4, -0.2) is 280 Å². The monoisotopic (exact) mass is 1390 g/mol. The van der Waals surface area contributed by atoms with Crippen LogP contribution in [0.5, 0.6) is 11.5 Å². The molecule has 0 aliphatic carbocycles. The van der Waals surface area contributed by atoms with Crippen molar-refractivity contribution >= 4 is 76.3 Å². The lowest BCUT2D eigenvalue weighted by molar-refractivity contribution is -0.175. The van der Waals surface area contributed by atoms with E-state index in [1.54, 1.807) is 99.5 Å². The lowest BCUT2D eigenvalue weighted by atomic mass is 9.95. The fraction of sp³-hybridized carbons (Fsp3) is 0.562. The minimum absolute atomic E-state index is 0.0247. The van der Waals surface area contributed by atoms with Crippen molar-refractivity contribution in [3.8, 4) is 39.6 Å². The number of carbonyl (C=O) groups excluding carboxylic acids is 5. The minimum Gasteiger partial charge on any atom is -0.496 e. The number of aliphatic hydroxyl groups is 1. The molecule has 0 radical (unpaired) electrons. The third kappa shape index (κ3) is 19.6. The third-order valence-electron chi connectivity index (χ3n) is 17.0. The van der Waals surface area contributed by atoms with E-state index >= 15 is 0 Å². The molecule has 7 heterocycles.